The molecule has 12 heavy (non-hydrogen) atoms. The first-order valence-electron chi connectivity index (χ1n) is 3.68. The molecule has 1 aromatic rings. The Bertz CT molecular complexity index is 258. The summed E-state index contributed by atoms with van der Waals surface area (Å²) in [6, 6.07) is 3.82. The number of rotatable bonds is 3. The average molecular weight is 165 g/mol. The fraction of sp³-hybridized carbons (Fsp3) is 0.250. The minimum Gasteiger partial charge on any atom is -0.409 e. The van der Waals surface area contributed by atoms with E-state index >= 15 is 0 Å². The van der Waals surface area contributed by atoms with Crippen molar-refractivity contribution in [1.82, 2.24) is 4.98 Å². The number of hydrogen-bond donors (Lipinski definition) is 2. The van der Waals surface area contributed by atoms with Gasteiger partial charge < -0.3 is 10.9 Å². The van der Waals surface area contributed by atoms with Crippen LogP contribution in [-0.4, -0.2) is 16.0 Å². The summed E-state index contributed by atoms with van der Waals surface area (Å²) in [4.78, 5) is 3.95. The lowest BCUT2D eigenvalue weighted by molar-refractivity contribution is 0.317. The van der Waals surface area contributed by atoms with E-state index in [0.29, 0.717) is 6.42 Å². The lowest BCUT2D eigenvalue weighted by Crippen LogP contribution is -2.12. The van der Waals surface area contributed by atoms with Gasteiger partial charge in [-0.25, -0.2) is 0 Å². The van der Waals surface area contributed by atoms with Crippen LogP contribution in [-0.2, 0) is 6.42 Å². The van der Waals surface area contributed by atoms with Crippen molar-refractivity contribution in [1.29, 1.82) is 0 Å². The monoisotopic (exact) mass is 165 g/mol. The predicted octanol–water partition coefficient (Wildman–Crippen LogP) is 0.761. The molecule has 0 saturated carbocycles. The second kappa shape index (κ2) is 4.33. The molecule has 1 heterocycles. The first kappa shape index (κ1) is 8.52. The van der Waals surface area contributed by atoms with Gasteiger partial charge in [-0.3, -0.25) is 4.98 Å². The Morgan fingerprint density at radius 2 is 2.50 bits per heavy atom. The summed E-state index contributed by atoms with van der Waals surface area (Å²) < 4.78 is 0. The maximum Gasteiger partial charge on any atom is 0.139 e. The molecule has 0 fully saturated rings. The highest BCUT2D eigenvalue weighted by molar-refractivity contribution is 5.79. The van der Waals surface area contributed by atoms with E-state index in [1.165, 1.54) is 0 Å². The highest BCUT2D eigenvalue weighted by Crippen LogP contribution is 1.99. The number of aromatic nitrogens is 1. The molecular weight excluding hydrogens is 154 g/mol. The summed E-state index contributed by atoms with van der Waals surface area (Å²) in [6.07, 6.45) is 4.80. The normalized spacial score (nSPS) is 11.5. The molecule has 0 atom stereocenters. The van der Waals surface area contributed by atoms with Gasteiger partial charge >= 0.3 is 0 Å². The fourth-order valence-corrected chi connectivity index (χ4v) is 0.868. The first-order chi connectivity index (χ1) is 5.83. The number of hydrogen-bond acceptors (Lipinski definition) is 3. The van der Waals surface area contributed by atoms with Crippen LogP contribution in [0.5, 0.6) is 0 Å². The topological polar surface area (TPSA) is 71.5 Å². The van der Waals surface area contributed by atoms with Crippen LogP contribution in [0, 0.1) is 0 Å². The molecule has 0 bridgehead atoms. The Labute approximate surface area is 70.7 Å². The van der Waals surface area contributed by atoms with E-state index in [2.05, 4.69) is 10.1 Å². The van der Waals surface area contributed by atoms with E-state index in [1.807, 2.05) is 12.1 Å². The van der Waals surface area contributed by atoms with Gasteiger partial charge in [-0.15, -0.1) is 0 Å². The van der Waals surface area contributed by atoms with E-state index in [0.717, 1.165) is 12.0 Å². The second-order valence-corrected chi connectivity index (χ2v) is 2.45. The zero-order chi connectivity index (χ0) is 8.81. The standard InChI is InChI=1S/C8H11N3O/c9-8(11-12)4-3-7-2-1-5-10-6-7/h1-2,5-6,12H,3-4H2,(H2,9,11). The Balaban J connectivity index is 2.44. The lowest BCUT2D eigenvalue weighted by Gasteiger charge is -1.97. The van der Waals surface area contributed by atoms with Crippen LogP contribution in [0.2, 0.25) is 0 Å². The van der Waals surface area contributed by atoms with Crippen LogP contribution in [0.25, 0.3) is 0 Å². The molecule has 0 spiro atoms. The molecule has 0 aliphatic heterocycles. The number of nitrogens with zero attached hydrogens (tertiary/aromatic N) is 2. The third-order valence-corrected chi connectivity index (χ3v) is 1.52. The molecule has 0 amide bonds. The number of oxime groups is 1. The largest absolute Gasteiger partial charge is 0.409 e. The number of aryl methyl sites for hydroxylation is 1. The Morgan fingerprint density at radius 3 is 3.08 bits per heavy atom. The van der Waals surface area contributed by atoms with Crippen molar-refractivity contribution >= 4 is 5.84 Å². The van der Waals surface area contributed by atoms with Crippen molar-refractivity contribution < 1.29 is 5.21 Å². The van der Waals surface area contributed by atoms with Crippen LogP contribution >= 0.6 is 0 Å². The third-order valence-electron chi connectivity index (χ3n) is 1.52. The van der Waals surface area contributed by atoms with Crippen LogP contribution in [0.15, 0.2) is 29.7 Å². The minimum atomic E-state index is 0.249. The molecule has 64 valence electrons. The summed E-state index contributed by atoms with van der Waals surface area (Å²) in [7, 11) is 0. The van der Waals surface area contributed by atoms with Gasteiger partial charge in [0, 0.05) is 18.8 Å². The molecule has 0 aliphatic carbocycles. The quantitative estimate of drug-likeness (QED) is 0.300. The van der Waals surface area contributed by atoms with E-state index < -0.39 is 0 Å². The number of amidine groups is 1. The van der Waals surface area contributed by atoms with Gasteiger partial charge in [0.25, 0.3) is 0 Å². The maximum atomic E-state index is 8.26. The van der Waals surface area contributed by atoms with Gasteiger partial charge in [0.05, 0.1) is 0 Å². The summed E-state index contributed by atoms with van der Waals surface area (Å²) >= 11 is 0. The highest BCUT2D eigenvalue weighted by atomic mass is 16.4. The fourth-order valence-electron chi connectivity index (χ4n) is 0.868. The predicted molar refractivity (Wildman–Crippen MR) is 46.0 cm³/mol. The Kier molecular flexibility index (Phi) is 3.07. The van der Waals surface area contributed by atoms with Crippen LogP contribution in [0.1, 0.15) is 12.0 Å². The maximum absolute atomic E-state index is 8.26. The number of pyridine rings is 1. The van der Waals surface area contributed by atoms with Crippen LogP contribution in [0.3, 0.4) is 0 Å². The van der Waals surface area contributed by atoms with Gasteiger partial charge in [-0.2, -0.15) is 0 Å². The van der Waals surface area contributed by atoms with Crippen LogP contribution in [0.4, 0.5) is 0 Å². The molecule has 4 heteroatoms. The zero-order valence-corrected chi connectivity index (χ0v) is 6.64. The Hall–Kier alpha value is -1.58. The molecule has 3 N–H and O–H groups in total. The number of nitrogens with two attached hydrogens (primary N) is 1. The summed E-state index contributed by atoms with van der Waals surface area (Å²) in [6.45, 7) is 0. The minimum absolute atomic E-state index is 0.249. The smallest absolute Gasteiger partial charge is 0.139 e. The van der Waals surface area contributed by atoms with Gasteiger partial charge in [-0.05, 0) is 18.1 Å². The molecule has 0 aliphatic rings. The molecule has 4 nitrogen and oxygen atoms in total. The van der Waals surface area contributed by atoms with Gasteiger partial charge in [0.2, 0.25) is 0 Å². The SMILES string of the molecule is NC(CCc1cccnc1)=NO. The van der Waals surface area contributed by atoms with E-state index in [4.69, 9.17) is 10.9 Å². The molecule has 0 saturated heterocycles. The summed E-state index contributed by atoms with van der Waals surface area (Å²) in [5.41, 5.74) is 6.39. The summed E-state index contributed by atoms with van der Waals surface area (Å²) in [5.74, 6) is 0.249. The van der Waals surface area contributed by atoms with Crippen molar-refractivity contribution in [2.75, 3.05) is 0 Å². The van der Waals surface area contributed by atoms with Crippen molar-refractivity contribution in [3.63, 3.8) is 0 Å². The Morgan fingerprint density at radius 1 is 1.67 bits per heavy atom. The van der Waals surface area contributed by atoms with Gasteiger partial charge in [-0.1, -0.05) is 11.2 Å². The first-order valence-corrected chi connectivity index (χ1v) is 3.68. The molecule has 0 aromatic carbocycles. The van der Waals surface area contributed by atoms with Crippen molar-refractivity contribution in [3.8, 4) is 0 Å². The van der Waals surface area contributed by atoms with E-state index in [-0.39, 0.29) is 5.84 Å². The van der Waals surface area contributed by atoms with Gasteiger partial charge in [0.1, 0.15) is 5.84 Å². The average Bonchev–Trinajstić information content (AvgIpc) is 2.16. The van der Waals surface area contributed by atoms with E-state index in [1.54, 1.807) is 12.4 Å². The molecule has 1 aromatic heterocycles. The van der Waals surface area contributed by atoms with Crippen molar-refractivity contribution in [3.05, 3.63) is 30.1 Å². The van der Waals surface area contributed by atoms with Crippen molar-refractivity contribution in [2.24, 2.45) is 10.9 Å². The molecule has 1 rings (SSSR count). The lowest BCUT2D eigenvalue weighted by atomic mass is 10.1. The molecule has 0 unspecified atom stereocenters. The molecular formula is C8H11N3O. The second-order valence-electron chi connectivity index (χ2n) is 2.45. The highest BCUT2D eigenvalue weighted by Gasteiger charge is 1.95. The summed E-state index contributed by atoms with van der Waals surface area (Å²) in [5, 5.41) is 11.1. The third kappa shape index (κ3) is 2.57. The van der Waals surface area contributed by atoms with Crippen LogP contribution < -0.4 is 5.73 Å². The molecule has 0 radical (unpaired) electrons. The van der Waals surface area contributed by atoms with Gasteiger partial charge in [0.15, 0.2) is 0 Å². The van der Waals surface area contributed by atoms with E-state index in [9.17, 15) is 0 Å². The zero-order valence-electron chi connectivity index (χ0n) is 6.64. The van der Waals surface area contributed by atoms with Crippen molar-refractivity contribution in [2.45, 2.75) is 12.8 Å².